The Labute approximate surface area is 220 Å². The van der Waals surface area contributed by atoms with Crippen molar-refractivity contribution in [3.63, 3.8) is 0 Å². The van der Waals surface area contributed by atoms with Crippen LogP contribution >= 0.6 is 0 Å². The second kappa shape index (κ2) is 13.0. The molecule has 0 bridgehead atoms. The van der Waals surface area contributed by atoms with Crippen LogP contribution in [0.2, 0.25) is 0 Å². The van der Waals surface area contributed by atoms with Crippen molar-refractivity contribution in [2.75, 3.05) is 42.7 Å². The molecule has 202 valence electrons. The molecule has 1 aromatic heterocycles. The van der Waals surface area contributed by atoms with Crippen molar-refractivity contribution < 1.29 is 47.5 Å². The lowest BCUT2D eigenvalue weighted by atomic mass is 10.2. The molecule has 11 nitrogen and oxygen atoms in total. The molecule has 11 heteroatoms. The Morgan fingerprint density at radius 1 is 0.579 bits per heavy atom. The fourth-order valence-corrected chi connectivity index (χ4v) is 3.53. The van der Waals surface area contributed by atoms with Gasteiger partial charge in [0.15, 0.2) is 23.0 Å². The summed E-state index contributed by atoms with van der Waals surface area (Å²) in [7, 11) is 8.76. The van der Waals surface area contributed by atoms with Crippen LogP contribution in [0.15, 0.2) is 42.5 Å². The summed E-state index contributed by atoms with van der Waals surface area (Å²) in [6, 6.07) is 11.1. The minimum Gasteiger partial charge on any atom is -0.493 e. The lowest BCUT2D eigenvalue weighted by Crippen LogP contribution is -2.10. The van der Waals surface area contributed by atoms with Gasteiger partial charge in [0.05, 0.1) is 65.2 Å². The van der Waals surface area contributed by atoms with E-state index in [1.165, 1.54) is 66.9 Å². The summed E-state index contributed by atoms with van der Waals surface area (Å²) < 4.78 is 42.5. The zero-order valence-electron chi connectivity index (χ0n) is 22.0. The van der Waals surface area contributed by atoms with Crippen molar-refractivity contribution in [1.29, 1.82) is 0 Å². The summed E-state index contributed by atoms with van der Waals surface area (Å²) in [6.45, 7) is -0.214. The molecule has 3 aromatic rings. The van der Waals surface area contributed by atoms with Gasteiger partial charge in [-0.15, -0.1) is 0 Å². The Hall–Kier alpha value is -4.67. The minimum absolute atomic E-state index is 0.107. The van der Waals surface area contributed by atoms with E-state index in [4.69, 9.17) is 37.9 Å². The van der Waals surface area contributed by atoms with E-state index >= 15 is 0 Å². The standard InChI is InChI=1S/C27H29NO10/c1-31-20-10-16(11-21(32-2)24(20)35-5)26(29)37-14-18-8-7-9-19(28-18)15-38-27(30)17-12-22(33-3)25(36-6)23(13-17)34-4/h7-13H,14-15H2,1-6H3. The molecule has 0 fully saturated rings. The molecular formula is C27H29NO10. The van der Waals surface area contributed by atoms with E-state index in [2.05, 4.69) is 4.98 Å². The number of ether oxygens (including phenoxy) is 8. The topological polar surface area (TPSA) is 121 Å². The molecule has 3 rings (SSSR count). The summed E-state index contributed by atoms with van der Waals surface area (Å²) in [5, 5.41) is 0. The van der Waals surface area contributed by atoms with Gasteiger partial charge in [-0.3, -0.25) is 4.98 Å². The maximum absolute atomic E-state index is 12.7. The molecule has 0 unspecified atom stereocenters. The van der Waals surface area contributed by atoms with Crippen LogP contribution in [0.1, 0.15) is 32.1 Å². The van der Waals surface area contributed by atoms with E-state index in [0.717, 1.165) is 0 Å². The molecule has 1 heterocycles. The average molecular weight is 528 g/mol. The number of hydrogen-bond acceptors (Lipinski definition) is 11. The third-order valence-electron chi connectivity index (χ3n) is 5.37. The molecule has 0 spiro atoms. The van der Waals surface area contributed by atoms with Gasteiger partial charge in [0.1, 0.15) is 13.2 Å². The highest BCUT2D eigenvalue weighted by molar-refractivity contribution is 5.91. The Morgan fingerprint density at radius 2 is 0.921 bits per heavy atom. The summed E-state index contributed by atoms with van der Waals surface area (Å²) in [6.07, 6.45) is 0. The van der Waals surface area contributed by atoms with E-state index < -0.39 is 11.9 Å². The number of aromatic nitrogens is 1. The number of benzene rings is 2. The van der Waals surface area contributed by atoms with Gasteiger partial charge in [-0.2, -0.15) is 0 Å². The van der Waals surface area contributed by atoms with Crippen LogP contribution in [0.3, 0.4) is 0 Å². The van der Waals surface area contributed by atoms with Crippen LogP contribution in [0, 0.1) is 0 Å². The molecule has 0 atom stereocenters. The van der Waals surface area contributed by atoms with Gasteiger partial charge in [0.25, 0.3) is 0 Å². The first-order valence-corrected chi connectivity index (χ1v) is 11.3. The predicted octanol–water partition coefficient (Wildman–Crippen LogP) is 3.85. The highest BCUT2D eigenvalue weighted by Gasteiger charge is 2.19. The van der Waals surface area contributed by atoms with Gasteiger partial charge < -0.3 is 37.9 Å². The van der Waals surface area contributed by atoms with E-state index in [0.29, 0.717) is 45.9 Å². The van der Waals surface area contributed by atoms with Crippen LogP contribution in [-0.2, 0) is 22.7 Å². The number of pyridine rings is 1. The second-order valence-corrected chi connectivity index (χ2v) is 7.60. The molecule has 2 aromatic carbocycles. The molecule has 38 heavy (non-hydrogen) atoms. The van der Waals surface area contributed by atoms with Crippen LogP contribution in [-0.4, -0.2) is 59.6 Å². The summed E-state index contributed by atoms with van der Waals surface area (Å²) >= 11 is 0. The molecule has 0 amide bonds. The van der Waals surface area contributed by atoms with Crippen LogP contribution in [0.5, 0.6) is 34.5 Å². The van der Waals surface area contributed by atoms with E-state index in [1.807, 2.05) is 0 Å². The summed E-state index contributed by atoms with van der Waals surface area (Å²) in [5.74, 6) is 0.820. The van der Waals surface area contributed by atoms with Gasteiger partial charge >= 0.3 is 11.9 Å². The van der Waals surface area contributed by atoms with Crippen molar-refractivity contribution >= 4 is 11.9 Å². The molecule has 0 N–H and O–H groups in total. The van der Waals surface area contributed by atoms with Crippen molar-refractivity contribution in [2.24, 2.45) is 0 Å². The Morgan fingerprint density at radius 3 is 1.21 bits per heavy atom. The van der Waals surface area contributed by atoms with Gasteiger partial charge in [-0.1, -0.05) is 6.07 Å². The lowest BCUT2D eigenvalue weighted by molar-refractivity contribution is 0.0462. The number of esters is 2. The molecule has 0 radical (unpaired) electrons. The van der Waals surface area contributed by atoms with Gasteiger partial charge in [-0.05, 0) is 36.4 Å². The van der Waals surface area contributed by atoms with E-state index in [1.54, 1.807) is 18.2 Å². The number of nitrogens with zero attached hydrogens (tertiary/aromatic N) is 1. The quantitative estimate of drug-likeness (QED) is 0.319. The first kappa shape index (κ1) is 27.9. The molecule has 0 saturated carbocycles. The third-order valence-corrected chi connectivity index (χ3v) is 5.37. The smallest absolute Gasteiger partial charge is 0.338 e. The largest absolute Gasteiger partial charge is 0.493 e. The van der Waals surface area contributed by atoms with Crippen molar-refractivity contribution in [2.45, 2.75) is 13.2 Å². The molecule has 0 aliphatic heterocycles. The first-order valence-electron chi connectivity index (χ1n) is 11.3. The average Bonchev–Trinajstić information content (AvgIpc) is 2.96. The lowest BCUT2D eigenvalue weighted by Gasteiger charge is -2.14. The zero-order valence-corrected chi connectivity index (χ0v) is 22.0. The molecule has 0 aliphatic carbocycles. The van der Waals surface area contributed by atoms with Crippen LogP contribution in [0.25, 0.3) is 0 Å². The van der Waals surface area contributed by atoms with Crippen LogP contribution < -0.4 is 28.4 Å². The van der Waals surface area contributed by atoms with E-state index in [-0.39, 0.29) is 24.3 Å². The summed E-state index contributed by atoms with van der Waals surface area (Å²) in [4.78, 5) is 29.7. The SMILES string of the molecule is COc1cc(C(=O)OCc2cccc(COC(=O)c3cc(OC)c(OC)c(OC)c3)n2)cc(OC)c1OC. The van der Waals surface area contributed by atoms with Crippen molar-refractivity contribution in [1.82, 2.24) is 4.98 Å². The molecule has 0 saturated heterocycles. The number of carbonyl (C=O) groups excluding carboxylic acids is 2. The first-order chi connectivity index (χ1) is 18.4. The Bertz CT molecular complexity index is 1150. The highest BCUT2D eigenvalue weighted by Crippen LogP contribution is 2.39. The number of hydrogen-bond donors (Lipinski definition) is 0. The fourth-order valence-electron chi connectivity index (χ4n) is 3.53. The predicted molar refractivity (Wildman–Crippen MR) is 135 cm³/mol. The Kier molecular flexibility index (Phi) is 9.58. The number of carbonyl (C=O) groups is 2. The number of rotatable bonds is 12. The normalized spacial score (nSPS) is 10.3. The zero-order chi connectivity index (χ0) is 27.7. The van der Waals surface area contributed by atoms with Gasteiger partial charge in [0, 0.05) is 0 Å². The number of methoxy groups -OCH3 is 6. The van der Waals surface area contributed by atoms with Gasteiger partial charge in [0.2, 0.25) is 11.5 Å². The minimum atomic E-state index is -0.606. The maximum atomic E-state index is 12.7. The van der Waals surface area contributed by atoms with Crippen LogP contribution in [0.4, 0.5) is 0 Å². The van der Waals surface area contributed by atoms with E-state index in [9.17, 15) is 9.59 Å². The van der Waals surface area contributed by atoms with Crippen molar-refractivity contribution in [3.05, 3.63) is 65.0 Å². The second-order valence-electron chi connectivity index (χ2n) is 7.60. The summed E-state index contributed by atoms with van der Waals surface area (Å²) in [5.41, 5.74) is 1.36. The highest BCUT2D eigenvalue weighted by atomic mass is 16.5. The Balaban J connectivity index is 1.66. The van der Waals surface area contributed by atoms with Crippen molar-refractivity contribution in [3.8, 4) is 34.5 Å². The monoisotopic (exact) mass is 527 g/mol. The molecular weight excluding hydrogens is 498 g/mol. The van der Waals surface area contributed by atoms with Gasteiger partial charge in [-0.25, -0.2) is 9.59 Å². The fraction of sp³-hybridized carbons (Fsp3) is 0.296. The molecule has 0 aliphatic rings. The maximum Gasteiger partial charge on any atom is 0.338 e. The third kappa shape index (κ3) is 6.36.